The monoisotopic (exact) mass is 347 g/mol. The average Bonchev–Trinajstić information content (AvgIpc) is 2.63. The van der Waals surface area contributed by atoms with Crippen molar-refractivity contribution < 1.29 is 5.85 Å². The molecule has 4 nitrogen and oxygen atoms in total. The lowest BCUT2D eigenvalue weighted by Gasteiger charge is -2.15. The van der Waals surface area contributed by atoms with Crippen LogP contribution >= 0.6 is 0 Å². The largest absolute Gasteiger partial charge is 1.00 e. The van der Waals surface area contributed by atoms with Gasteiger partial charge in [-0.3, -0.25) is 9.97 Å². The maximum Gasteiger partial charge on any atom is 1.00 e. The normalized spacial score (nSPS) is 11.6. The second kappa shape index (κ2) is 7.85. The minimum Gasteiger partial charge on any atom is -0.541 e. The molecule has 3 aromatic rings. The van der Waals surface area contributed by atoms with Crippen LogP contribution in [0.2, 0.25) is 13.1 Å². The van der Waals surface area contributed by atoms with Gasteiger partial charge in [-0.05, 0) is 31.6 Å². The van der Waals surface area contributed by atoms with Crippen molar-refractivity contribution in [2.24, 2.45) is 4.99 Å². The topological polar surface area (TPSA) is 47.4 Å². The predicted octanol–water partition coefficient (Wildman–Crippen LogP) is 4.70. The zero-order valence-electron chi connectivity index (χ0n) is 15.6. The van der Waals surface area contributed by atoms with Crippen molar-refractivity contribution >= 4 is 20.4 Å². The Morgan fingerprint density at radius 1 is 1.04 bits per heavy atom. The molecule has 0 amide bonds. The fourth-order valence-corrected chi connectivity index (χ4v) is 3.14. The van der Waals surface area contributed by atoms with Crippen LogP contribution in [-0.4, -0.2) is 24.7 Å². The summed E-state index contributed by atoms with van der Waals surface area (Å²) in [7, 11) is -0.892. The van der Waals surface area contributed by atoms with Crippen LogP contribution in [0.25, 0.3) is 0 Å². The standard InChI is InChI=1S/C20H20N3OSi/c1-15-8-7-11-17(20(15)24-25(2)3)23-19(16-9-5-4-6-10-16)18-14-21-12-13-22-18/h4-14H,1-3H3/p+1. The minimum absolute atomic E-state index is 0. The van der Waals surface area contributed by atoms with Gasteiger partial charge in [0.25, 0.3) is 9.04 Å². The Bertz CT molecular complexity index is 829. The van der Waals surface area contributed by atoms with Gasteiger partial charge in [0.2, 0.25) is 0 Å². The summed E-state index contributed by atoms with van der Waals surface area (Å²) < 4.78 is 6.11. The van der Waals surface area contributed by atoms with E-state index in [-0.39, 0.29) is 1.43 Å². The number of aryl methyl sites for hydroxylation is 1. The molecular weight excluding hydrogens is 326 g/mol. The Labute approximate surface area is 151 Å². The molecule has 0 aliphatic heterocycles. The lowest BCUT2D eigenvalue weighted by Crippen LogP contribution is -2.12. The molecule has 0 saturated heterocycles. The third kappa shape index (κ3) is 4.19. The van der Waals surface area contributed by atoms with Crippen LogP contribution in [0, 0.1) is 6.92 Å². The molecule has 2 aromatic carbocycles. The van der Waals surface area contributed by atoms with Crippen molar-refractivity contribution in [3.63, 3.8) is 0 Å². The molecule has 0 N–H and O–H groups in total. The summed E-state index contributed by atoms with van der Waals surface area (Å²) in [6.07, 6.45) is 5.08. The first-order chi connectivity index (χ1) is 12.1. The van der Waals surface area contributed by atoms with Crippen LogP contribution in [0.5, 0.6) is 5.75 Å². The fourth-order valence-electron chi connectivity index (χ4n) is 2.47. The van der Waals surface area contributed by atoms with Gasteiger partial charge in [0.15, 0.2) is 0 Å². The van der Waals surface area contributed by atoms with E-state index >= 15 is 0 Å². The van der Waals surface area contributed by atoms with E-state index in [1.807, 2.05) is 55.5 Å². The van der Waals surface area contributed by atoms with E-state index in [1.165, 1.54) is 0 Å². The van der Waals surface area contributed by atoms with Crippen LogP contribution in [0.3, 0.4) is 0 Å². The molecule has 0 aliphatic carbocycles. The molecule has 0 saturated carbocycles. The van der Waals surface area contributed by atoms with Gasteiger partial charge in [-0.1, -0.05) is 42.5 Å². The number of aromatic nitrogens is 2. The second-order valence-electron chi connectivity index (χ2n) is 5.85. The number of hydrogen-bond acceptors (Lipinski definition) is 4. The molecule has 5 heteroatoms. The summed E-state index contributed by atoms with van der Waals surface area (Å²) in [6.45, 7) is 6.28. The van der Waals surface area contributed by atoms with Gasteiger partial charge in [0.05, 0.1) is 11.9 Å². The number of benzene rings is 2. The van der Waals surface area contributed by atoms with Crippen LogP contribution < -0.4 is 4.43 Å². The van der Waals surface area contributed by atoms with E-state index in [0.29, 0.717) is 0 Å². The number of nitrogens with zero attached hydrogens (tertiary/aromatic N) is 3. The van der Waals surface area contributed by atoms with Crippen LogP contribution in [0.15, 0.2) is 72.1 Å². The summed E-state index contributed by atoms with van der Waals surface area (Å²) >= 11 is 0. The molecule has 0 unspecified atom stereocenters. The molecule has 125 valence electrons. The SMILES string of the molecule is Cc1cccc(N=C(c2ccccc2)c2cnccn2)c1O[Si](C)C.[H+]. The molecule has 0 aliphatic rings. The Hall–Kier alpha value is -2.79. The van der Waals surface area contributed by atoms with E-state index in [0.717, 1.165) is 34.0 Å². The quantitative estimate of drug-likeness (QED) is 0.496. The first-order valence-corrected chi connectivity index (χ1v) is 10.5. The maximum atomic E-state index is 6.11. The number of hydrogen-bond donors (Lipinski definition) is 0. The number of aliphatic imine (C=N–C) groups is 1. The summed E-state index contributed by atoms with van der Waals surface area (Å²) in [5.41, 5.74) is 4.41. The highest BCUT2D eigenvalue weighted by molar-refractivity contribution is 6.49. The molecule has 1 radical (unpaired) electrons. The highest BCUT2D eigenvalue weighted by Crippen LogP contribution is 2.32. The predicted molar refractivity (Wildman–Crippen MR) is 104 cm³/mol. The number of rotatable bonds is 5. The molecule has 0 spiro atoms. The lowest BCUT2D eigenvalue weighted by molar-refractivity contribution is 0.577. The van der Waals surface area contributed by atoms with Gasteiger partial charge in [-0.15, -0.1) is 0 Å². The van der Waals surface area contributed by atoms with Crippen molar-refractivity contribution in [1.82, 2.24) is 9.97 Å². The summed E-state index contributed by atoms with van der Waals surface area (Å²) in [5, 5.41) is 0. The third-order valence-electron chi connectivity index (χ3n) is 3.58. The van der Waals surface area contributed by atoms with Gasteiger partial charge in [-0.25, -0.2) is 4.99 Å². The molecule has 0 bridgehead atoms. The van der Waals surface area contributed by atoms with Crippen molar-refractivity contribution in [2.75, 3.05) is 0 Å². The Morgan fingerprint density at radius 3 is 2.52 bits per heavy atom. The van der Waals surface area contributed by atoms with Crippen molar-refractivity contribution in [3.8, 4) is 5.75 Å². The van der Waals surface area contributed by atoms with Crippen LogP contribution in [-0.2, 0) is 0 Å². The summed E-state index contributed by atoms with van der Waals surface area (Å²) in [4.78, 5) is 13.5. The summed E-state index contributed by atoms with van der Waals surface area (Å²) in [5.74, 6) is 0.846. The molecule has 0 fully saturated rings. The second-order valence-corrected chi connectivity index (χ2v) is 7.87. The van der Waals surface area contributed by atoms with Crippen molar-refractivity contribution in [1.29, 1.82) is 0 Å². The number of para-hydroxylation sites is 1. The average molecular weight is 347 g/mol. The molecule has 3 rings (SSSR count). The maximum absolute atomic E-state index is 6.11. The highest BCUT2D eigenvalue weighted by Gasteiger charge is 2.13. The highest BCUT2D eigenvalue weighted by atomic mass is 28.3. The van der Waals surface area contributed by atoms with Gasteiger partial charge in [0.1, 0.15) is 17.1 Å². The smallest absolute Gasteiger partial charge is 0.541 e. The van der Waals surface area contributed by atoms with E-state index in [1.54, 1.807) is 18.6 Å². The lowest BCUT2D eigenvalue weighted by atomic mass is 10.1. The van der Waals surface area contributed by atoms with Gasteiger partial charge < -0.3 is 4.43 Å². The fraction of sp³-hybridized carbons (Fsp3) is 0.150. The molecule has 25 heavy (non-hydrogen) atoms. The van der Waals surface area contributed by atoms with Crippen molar-refractivity contribution in [2.45, 2.75) is 20.0 Å². The van der Waals surface area contributed by atoms with Crippen LogP contribution in [0.1, 0.15) is 18.2 Å². The third-order valence-corrected chi connectivity index (χ3v) is 4.19. The van der Waals surface area contributed by atoms with E-state index in [2.05, 4.69) is 23.1 Å². The molecule has 1 heterocycles. The van der Waals surface area contributed by atoms with Gasteiger partial charge >= 0.3 is 1.43 Å². The Morgan fingerprint density at radius 2 is 1.84 bits per heavy atom. The minimum atomic E-state index is -0.892. The molecular formula is C20H21N3OSi+. The Kier molecular flexibility index (Phi) is 5.35. The molecule has 1 aromatic heterocycles. The van der Waals surface area contributed by atoms with E-state index in [9.17, 15) is 0 Å². The van der Waals surface area contributed by atoms with Crippen molar-refractivity contribution in [3.05, 3.63) is 83.9 Å². The summed E-state index contributed by atoms with van der Waals surface area (Å²) in [6, 6.07) is 16.1. The van der Waals surface area contributed by atoms with Gasteiger partial charge in [0, 0.05) is 18.0 Å². The zero-order chi connectivity index (χ0) is 17.6. The van der Waals surface area contributed by atoms with Gasteiger partial charge in [-0.2, -0.15) is 0 Å². The van der Waals surface area contributed by atoms with Crippen LogP contribution in [0.4, 0.5) is 5.69 Å². The molecule has 0 atom stereocenters. The van der Waals surface area contributed by atoms with E-state index in [4.69, 9.17) is 9.42 Å². The first kappa shape index (κ1) is 17.0. The Balaban J connectivity index is 0.00000243. The zero-order valence-corrected chi connectivity index (χ0v) is 15.6. The first-order valence-electron chi connectivity index (χ1n) is 8.13. The van der Waals surface area contributed by atoms with E-state index < -0.39 is 9.04 Å².